The second-order valence-corrected chi connectivity index (χ2v) is 3.65. The molecule has 0 amide bonds. The van der Waals surface area contributed by atoms with Crippen LogP contribution in [0.25, 0.3) is 0 Å². The number of ketones is 1. The number of hydrogen-bond acceptors (Lipinski definition) is 3. The van der Waals surface area contributed by atoms with Gasteiger partial charge in [-0.25, -0.2) is 0 Å². The molecule has 0 aliphatic heterocycles. The second-order valence-electron chi connectivity index (χ2n) is 3.65. The maximum Gasteiger partial charge on any atom is 0.196 e. The maximum absolute atomic E-state index is 12.1. The molecule has 2 rings (SSSR count). The van der Waals surface area contributed by atoms with Crippen LogP contribution in [0.5, 0.6) is 5.75 Å². The van der Waals surface area contributed by atoms with Crippen molar-refractivity contribution in [2.75, 3.05) is 7.11 Å². The fourth-order valence-electron chi connectivity index (χ4n) is 1.58. The highest BCUT2D eigenvalue weighted by Crippen LogP contribution is 2.15. The van der Waals surface area contributed by atoms with E-state index < -0.39 is 0 Å². The third-order valence-electron chi connectivity index (χ3n) is 2.55. The van der Waals surface area contributed by atoms with Gasteiger partial charge in [-0.15, -0.1) is 0 Å². The first-order chi connectivity index (χ1) is 8.24. The molecule has 0 fully saturated rings. The molecule has 4 heteroatoms. The van der Waals surface area contributed by atoms with Crippen molar-refractivity contribution in [2.24, 2.45) is 0 Å². The molecule has 0 saturated carbocycles. The predicted molar refractivity (Wildman–Crippen MR) is 64.3 cm³/mol. The first kappa shape index (κ1) is 11.4. The van der Waals surface area contributed by atoms with Crippen LogP contribution in [0.4, 0.5) is 0 Å². The molecule has 88 valence electrons. The molecule has 1 aromatic carbocycles. The van der Waals surface area contributed by atoms with E-state index >= 15 is 0 Å². The summed E-state index contributed by atoms with van der Waals surface area (Å²) in [7, 11) is 1.58. The summed E-state index contributed by atoms with van der Waals surface area (Å²) in [6.07, 6.45) is 3.34. The Morgan fingerprint density at radius 1 is 1.41 bits per heavy atom. The number of hydrogen-bond donors (Lipinski definition) is 0. The fourth-order valence-corrected chi connectivity index (χ4v) is 1.58. The average molecular weight is 230 g/mol. The Labute approximate surface area is 99.8 Å². The van der Waals surface area contributed by atoms with Gasteiger partial charge in [0.15, 0.2) is 5.78 Å². The Morgan fingerprint density at radius 3 is 2.88 bits per heavy atom. The minimum absolute atomic E-state index is 0.0383. The number of carbonyl (C=O) groups excluding carboxylic acids is 1. The third-order valence-corrected chi connectivity index (χ3v) is 2.55. The van der Waals surface area contributed by atoms with Gasteiger partial charge in [-0.2, -0.15) is 5.10 Å². The molecule has 2 aromatic rings. The minimum atomic E-state index is -0.0383. The van der Waals surface area contributed by atoms with Crippen molar-refractivity contribution in [2.45, 2.75) is 13.5 Å². The van der Waals surface area contributed by atoms with Crippen molar-refractivity contribution in [1.29, 1.82) is 0 Å². The van der Waals surface area contributed by atoms with E-state index in [0.29, 0.717) is 16.9 Å². The van der Waals surface area contributed by atoms with Crippen molar-refractivity contribution in [3.05, 3.63) is 47.8 Å². The van der Waals surface area contributed by atoms with Crippen molar-refractivity contribution in [3.63, 3.8) is 0 Å². The number of methoxy groups -OCH3 is 1. The zero-order valence-electron chi connectivity index (χ0n) is 9.88. The van der Waals surface area contributed by atoms with Gasteiger partial charge in [-0.3, -0.25) is 9.48 Å². The molecule has 17 heavy (non-hydrogen) atoms. The lowest BCUT2D eigenvalue weighted by molar-refractivity contribution is 0.103. The highest BCUT2D eigenvalue weighted by atomic mass is 16.5. The molecule has 0 atom stereocenters. The van der Waals surface area contributed by atoms with E-state index in [-0.39, 0.29) is 5.78 Å². The highest BCUT2D eigenvalue weighted by molar-refractivity contribution is 6.08. The summed E-state index contributed by atoms with van der Waals surface area (Å²) in [5.74, 6) is 0.641. The fraction of sp³-hybridized carbons (Fsp3) is 0.231. The van der Waals surface area contributed by atoms with Crippen LogP contribution in [0.15, 0.2) is 36.7 Å². The van der Waals surface area contributed by atoms with Crippen LogP contribution in [0.2, 0.25) is 0 Å². The smallest absolute Gasteiger partial charge is 0.196 e. The van der Waals surface area contributed by atoms with E-state index in [0.717, 1.165) is 6.54 Å². The minimum Gasteiger partial charge on any atom is -0.497 e. The Bertz CT molecular complexity index is 532. The summed E-state index contributed by atoms with van der Waals surface area (Å²) in [5, 5.41) is 4.09. The lowest BCUT2D eigenvalue weighted by Gasteiger charge is -2.02. The largest absolute Gasteiger partial charge is 0.497 e. The van der Waals surface area contributed by atoms with Gasteiger partial charge >= 0.3 is 0 Å². The Morgan fingerprint density at radius 2 is 2.24 bits per heavy atom. The summed E-state index contributed by atoms with van der Waals surface area (Å²) >= 11 is 0. The van der Waals surface area contributed by atoms with Crippen LogP contribution in [0.3, 0.4) is 0 Å². The van der Waals surface area contributed by atoms with Gasteiger partial charge in [0.2, 0.25) is 0 Å². The normalized spacial score (nSPS) is 10.2. The van der Waals surface area contributed by atoms with Crippen molar-refractivity contribution < 1.29 is 9.53 Å². The number of carbonyl (C=O) groups is 1. The maximum atomic E-state index is 12.1. The quantitative estimate of drug-likeness (QED) is 0.756. The van der Waals surface area contributed by atoms with Crippen molar-refractivity contribution >= 4 is 5.78 Å². The summed E-state index contributed by atoms with van der Waals surface area (Å²) in [4.78, 5) is 12.1. The molecule has 0 unspecified atom stereocenters. The summed E-state index contributed by atoms with van der Waals surface area (Å²) < 4.78 is 6.82. The summed E-state index contributed by atoms with van der Waals surface area (Å²) in [5.41, 5.74) is 1.21. The number of rotatable bonds is 4. The molecule has 0 saturated heterocycles. The highest BCUT2D eigenvalue weighted by Gasteiger charge is 2.11. The monoisotopic (exact) mass is 230 g/mol. The molecular formula is C13H14N2O2. The molecule has 0 aliphatic carbocycles. The van der Waals surface area contributed by atoms with Crippen LogP contribution in [0, 0.1) is 0 Å². The zero-order chi connectivity index (χ0) is 12.3. The number of aryl methyl sites for hydroxylation is 1. The molecule has 0 spiro atoms. The van der Waals surface area contributed by atoms with Gasteiger partial charge in [-0.1, -0.05) is 12.1 Å². The topological polar surface area (TPSA) is 44.1 Å². The predicted octanol–water partition coefficient (Wildman–Crippen LogP) is 2.14. The Balaban J connectivity index is 2.29. The van der Waals surface area contributed by atoms with Gasteiger partial charge in [0.1, 0.15) is 5.75 Å². The molecule has 0 aliphatic rings. The lowest BCUT2D eigenvalue weighted by atomic mass is 10.1. The van der Waals surface area contributed by atoms with Crippen LogP contribution >= 0.6 is 0 Å². The first-order valence-electron chi connectivity index (χ1n) is 5.45. The van der Waals surface area contributed by atoms with Crippen LogP contribution in [-0.2, 0) is 6.54 Å². The van der Waals surface area contributed by atoms with Crippen LogP contribution in [0.1, 0.15) is 22.8 Å². The van der Waals surface area contributed by atoms with E-state index in [1.807, 2.05) is 13.0 Å². The molecule has 4 nitrogen and oxygen atoms in total. The Hall–Kier alpha value is -2.10. The second kappa shape index (κ2) is 4.82. The van der Waals surface area contributed by atoms with Gasteiger partial charge in [0.25, 0.3) is 0 Å². The molecule has 0 bridgehead atoms. The van der Waals surface area contributed by atoms with E-state index in [2.05, 4.69) is 5.10 Å². The number of aromatic nitrogens is 2. The van der Waals surface area contributed by atoms with E-state index in [1.165, 1.54) is 0 Å². The third kappa shape index (κ3) is 2.36. The number of benzene rings is 1. The molecule has 0 radical (unpaired) electrons. The number of nitrogens with zero attached hydrogens (tertiary/aromatic N) is 2. The number of ether oxygens (including phenoxy) is 1. The summed E-state index contributed by atoms with van der Waals surface area (Å²) in [6.45, 7) is 2.73. The Kier molecular flexibility index (Phi) is 3.23. The van der Waals surface area contributed by atoms with Crippen molar-refractivity contribution in [1.82, 2.24) is 9.78 Å². The lowest BCUT2D eigenvalue weighted by Crippen LogP contribution is -2.00. The van der Waals surface area contributed by atoms with Crippen LogP contribution < -0.4 is 4.74 Å². The summed E-state index contributed by atoms with van der Waals surface area (Å²) in [6, 6.07) is 7.11. The standard InChI is InChI=1S/C13H14N2O2/c1-3-15-9-11(8-14-15)13(16)10-5-4-6-12(7-10)17-2/h4-9H,3H2,1-2H3. The molecule has 1 heterocycles. The zero-order valence-corrected chi connectivity index (χ0v) is 9.88. The van der Waals surface area contributed by atoms with E-state index in [4.69, 9.17) is 4.74 Å². The SMILES string of the molecule is CCn1cc(C(=O)c2cccc(OC)c2)cn1. The van der Waals surface area contributed by atoms with E-state index in [9.17, 15) is 4.79 Å². The average Bonchev–Trinajstić information content (AvgIpc) is 2.86. The van der Waals surface area contributed by atoms with Crippen molar-refractivity contribution in [3.8, 4) is 5.75 Å². The molecular weight excluding hydrogens is 216 g/mol. The van der Waals surface area contributed by atoms with Gasteiger partial charge in [0, 0.05) is 18.3 Å². The molecule has 1 aromatic heterocycles. The van der Waals surface area contributed by atoms with Gasteiger partial charge < -0.3 is 4.74 Å². The van der Waals surface area contributed by atoms with Crippen LogP contribution in [-0.4, -0.2) is 22.7 Å². The van der Waals surface area contributed by atoms with E-state index in [1.54, 1.807) is 42.4 Å². The van der Waals surface area contributed by atoms with Gasteiger partial charge in [0.05, 0.1) is 18.9 Å². The van der Waals surface area contributed by atoms with Gasteiger partial charge in [-0.05, 0) is 19.1 Å². The molecule has 0 N–H and O–H groups in total. The first-order valence-corrected chi connectivity index (χ1v) is 5.45.